The van der Waals surface area contributed by atoms with E-state index in [1.165, 1.54) is 19.3 Å². The summed E-state index contributed by atoms with van der Waals surface area (Å²) in [6.07, 6.45) is 4.53. The number of ether oxygens (including phenoxy) is 1. The average molecular weight is 370 g/mol. The van der Waals surface area contributed by atoms with Gasteiger partial charge in [-0.1, -0.05) is 25.4 Å². The molecule has 1 aromatic heterocycles. The van der Waals surface area contributed by atoms with Crippen LogP contribution >= 0.6 is 11.6 Å². The Bertz CT molecular complexity index is 575. The highest BCUT2D eigenvalue weighted by Crippen LogP contribution is 2.19. The molecular weight excluding hydrogens is 342 g/mol. The monoisotopic (exact) mass is 369 g/mol. The Morgan fingerprint density at radius 3 is 2.24 bits per heavy atom. The number of amides is 1. The van der Waals surface area contributed by atoms with Crippen molar-refractivity contribution in [1.82, 2.24) is 9.97 Å². The number of hydrogen-bond donors (Lipinski definition) is 1. The summed E-state index contributed by atoms with van der Waals surface area (Å²) < 4.78 is 4.58. The summed E-state index contributed by atoms with van der Waals surface area (Å²) in [5, 5.41) is 8.86. The lowest BCUT2D eigenvalue weighted by atomic mass is 10.1. The van der Waals surface area contributed by atoms with Crippen molar-refractivity contribution in [3.8, 4) is 6.07 Å². The van der Waals surface area contributed by atoms with Gasteiger partial charge >= 0.3 is 6.09 Å². The van der Waals surface area contributed by atoms with Gasteiger partial charge in [-0.3, -0.25) is 0 Å². The molecule has 7 nitrogen and oxygen atoms in total. The highest BCUT2D eigenvalue weighted by molar-refractivity contribution is 6.30. The van der Waals surface area contributed by atoms with Gasteiger partial charge in [0.1, 0.15) is 17.5 Å². The fourth-order valence-electron chi connectivity index (χ4n) is 2.01. The zero-order valence-electron chi connectivity index (χ0n) is 15.7. The van der Waals surface area contributed by atoms with Crippen molar-refractivity contribution < 1.29 is 9.53 Å². The minimum absolute atomic E-state index is 0.192. The maximum absolute atomic E-state index is 10.0. The Kier molecular flexibility index (Phi) is 10.5. The standard InChI is InChI=1S/C10H11ClN4.C5H11NO2.C2H6/c11-10-8(6-12)13-7-9(14-10)15-4-2-1-3-5-15;1-5(2,3)8-4(6)7;1-2/h7H,1-5H2;1-3H3,(H2,6,7);1-2H3. The van der Waals surface area contributed by atoms with Crippen LogP contribution in [0.1, 0.15) is 59.6 Å². The van der Waals surface area contributed by atoms with E-state index < -0.39 is 11.7 Å². The van der Waals surface area contributed by atoms with Gasteiger partial charge < -0.3 is 15.4 Å². The maximum Gasteiger partial charge on any atom is 0.405 e. The molecule has 1 saturated heterocycles. The molecule has 1 fully saturated rings. The molecule has 1 amide bonds. The van der Waals surface area contributed by atoms with E-state index in [9.17, 15) is 4.79 Å². The van der Waals surface area contributed by atoms with Crippen LogP contribution in [0.5, 0.6) is 0 Å². The molecule has 0 spiro atoms. The number of halogens is 1. The summed E-state index contributed by atoms with van der Waals surface area (Å²) in [5.41, 5.74) is 4.46. The van der Waals surface area contributed by atoms with Gasteiger partial charge in [0.25, 0.3) is 0 Å². The molecule has 25 heavy (non-hydrogen) atoms. The highest BCUT2D eigenvalue weighted by Gasteiger charge is 2.14. The molecule has 1 aliphatic heterocycles. The first-order valence-electron chi connectivity index (χ1n) is 8.39. The van der Waals surface area contributed by atoms with E-state index >= 15 is 0 Å². The lowest BCUT2D eigenvalue weighted by Gasteiger charge is -2.27. The predicted octanol–water partition coefficient (Wildman–Crippen LogP) is 3.90. The summed E-state index contributed by atoms with van der Waals surface area (Å²) in [6, 6.07) is 1.90. The van der Waals surface area contributed by atoms with Crippen LogP contribution in [0, 0.1) is 11.3 Å². The molecule has 8 heteroatoms. The van der Waals surface area contributed by atoms with Crippen LogP contribution in [0.15, 0.2) is 6.20 Å². The van der Waals surface area contributed by atoms with Crippen molar-refractivity contribution in [3.05, 3.63) is 17.0 Å². The Morgan fingerprint density at radius 2 is 1.88 bits per heavy atom. The normalized spacial score (nSPS) is 13.4. The number of nitriles is 1. The van der Waals surface area contributed by atoms with Gasteiger partial charge in [0.15, 0.2) is 10.8 Å². The van der Waals surface area contributed by atoms with E-state index in [0.29, 0.717) is 0 Å². The number of nitrogens with two attached hydrogens (primary N) is 1. The van der Waals surface area contributed by atoms with Crippen LogP contribution in [-0.4, -0.2) is 34.8 Å². The molecule has 2 N–H and O–H groups in total. The summed E-state index contributed by atoms with van der Waals surface area (Å²) in [7, 11) is 0. The van der Waals surface area contributed by atoms with Gasteiger partial charge in [-0.15, -0.1) is 0 Å². The Hall–Kier alpha value is -2.07. The molecule has 1 aliphatic rings. The Morgan fingerprint density at radius 1 is 1.32 bits per heavy atom. The van der Waals surface area contributed by atoms with Crippen molar-refractivity contribution in [3.63, 3.8) is 0 Å². The van der Waals surface area contributed by atoms with E-state index in [1.807, 2.05) is 19.9 Å². The molecular formula is C17H28ClN5O2. The van der Waals surface area contributed by atoms with Gasteiger partial charge in [-0.2, -0.15) is 5.26 Å². The van der Waals surface area contributed by atoms with Gasteiger partial charge in [-0.25, -0.2) is 14.8 Å². The second-order valence-electron chi connectivity index (χ2n) is 6.06. The fourth-order valence-corrected chi connectivity index (χ4v) is 2.19. The van der Waals surface area contributed by atoms with E-state index in [0.717, 1.165) is 18.9 Å². The van der Waals surface area contributed by atoms with Crippen molar-refractivity contribution in [2.45, 2.75) is 59.5 Å². The zero-order valence-corrected chi connectivity index (χ0v) is 16.4. The van der Waals surface area contributed by atoms with E-state index in [2.05, 4.69) is 19.6 Å². The zero-order chi connectivity index (χ0) is 19.5. The first-order chi connectivity index (χ1) is 11.7. The molecule has 1 aromatic rings. The molecule has 2 heterocycles. The van der Waals surface area contributed by atoms with Gasteiger partial charge in [0.2, 0.25) is 0 Å². The quantitative estimate of drug-likeness (QED) is 0.804. The number of carbonyl (C=O) groups is 1. The first kappa shape index (κ1) is 22.9. The van der Waals surface area contributed by atoms with Crippen LogP contribution in [0.25, 0.3) is 0 Å². The minimum atomic E-state index is -0.725. The van der Waals surface area contributed by atoms with Gasteiger partial charge in [-0.05, 0) is 40.0 Å². The second kappa shape index (κ2) is 11.5. The van der Waals surface area contributed by atoms with Crippen LogP contribution in [0.4, 0.5) is 10.6 Å². The summed E-state index contributed by atoms with van der Waals surface area (Å²) in [4.78, 5) is 20.3. The predicted molar refractivity (Wildman–Crippen MR) is 99.6 cm³/mol. The number of hydrogen-bond acceptors (Lipinski definition) is 6. The third kappa shape index (κ3) is 9.72. The molecule has 0 aliphatic carbocycles. The average Bonchev–Trinajstić information content (AvgIpc) is 2.56. The lowest BCUT2D eigenvalue weighted by Crippen LogP contribution is -2.30. The molecule has 0 saturated carbocycles. The second-order valence-corrected chi connectivity index (χ2v) is 6.42. The maximum atomic E-state index is 10.0. The van der Waals surface area contributed by atoms with Crippen molar-refractivity contribution >= 4 is 23.5 Å². The van der Waals surface area contributed by atoms with E-state index in [4.69, 9.17) is 22.6 Å². The third-order valence-electron chi connectivity index (χ3n) is 2.91. The van der Waals surface area contributed by atoms with E-state index in [-0.39, 0.29) is 10.8 Å². The summed E-state index contributed by atoms with van der Waals surface area (Å²) in [5.74, 6) is 0.777. The number of anilines is 1. The SMILES string of the molecule is CC.CC(C)(C)OC(N)=O.N#Cc1ncc(N2CCCCC2)nc1Cl. The minimum Gasteiger partial charge on any atom is -0.444 e. The Labute approximate surface area is 155 Å². The number of primary amides is 1. The van der Waals surface area contributed by atoms with Crippen molar-refractivity contribution in [2.24, 2.45) is 5.73 Å². The summed E-state index contributed by atoms with van der Waals surface area (Å²) in [6.45, 7) is 11.3. The van der Waals surface area contributed by atoms with Crippen LogP contribution in [0.2, 0.25) is 5.15 Å². The topological polar surface area (TPSA) is 105 Å². The molecule has 2 rings (SSSR count). The first-order valence-corrected chi connectivity index (χ1v) is 8.77. The third-order valence-corrected chi connectivity index (χ3v) is 3.17. The number of piperidine rings is 1. The van der Waals surface area contributed by atoms with Crippen LogP contribution in [-0.2, 0) is 4.74 Å². The molecule has 0 radical (unpaired) electrons. The largest absolute Gasteiger partial charge is 0.444 e. The lowest BCUT2D eigenvalue weighted by molar-refractivity contribution is 0.0600. The van der Waals surface area contributed by atoms with Gasteiger partial charge in [0, 0.05) is 13.1 Å². The van der Waals surface area contributed by atoms with Gasteiger partial charge in [0.05, 0.1) is 6.20 Å². The fraction of sp³-hybridized carbons (Fsp3) is 0.647. The molecule has 0 aromatic carbocycles. The van der Waals surface area contributed by atoms with Crippen molar-refractivity contribution in [1.29, 1.82) is 5.26 Å². The number of carbonyl (C=O) groups excluding carboxylic acids is 1. The molecule has 0 bridgehead atoms. The molecule has 0 atom stereocenters. The van der Waals surface area contributed by atoms with Crippen molar-refractivity contribution in [2.75, 3.05) is 18.0 Å². The summed E-state index contributed by atoms with van der Waals surface area (Å²) >= 11 is 5.83. The smallest absolute Gasteiger partial charge is 0.405 e. The number of rotatable bonds is 1. The highest BCUT2D eigenvalue weighted by atomic mass is 35.5. The number of nitrogens with zero attached hydrogens (tertiary/aromatic N) is 4. The van der Waals surface area contributed by atoms with Crippen LogP contribution < -0.4 is 10.6 Å². The number of aromatic nitrogens is 2. The van der Waals surface area contributed by atoms with E-state index in [1.54, 1.807) is 27.0 Å². The Balaban J connectivity index is 0.000000493. The molecule has 0 unspecified atom stereocenters. The van der Waals surface area contributed by atoms with Crippen LogP contribution in [0.3, 0.4) is 0 Å². The molecule has 140 valence electrons.